The van der Waals surface area contributed by atoms with Gasteiger partial charge in [-0.25, -0.2) is 4.79 Å². The van der Waals surface area contributed by atoms with Crippen molar-refractivity contribution in [3.63, 3.8) is 0 Å². The SMILES string of the molecule is COc1ccc2ccc(=O)oc2c1CC(C(F)(F)F)C(C)(C)Cl. The van der Waals surface area contributed by atoms with Crippen LogP contribution in [0.3, 0.4) is 0 Å². The molecule has 1 aromatic heterocycles. The van der Waals surface area contributed by atoms with Crippen LogP contribution in [0.1, 0.15) is 19.4 Å². The Bertz CT molecular complexity index is 746. The Hall–Kier alpha value is -1.69. The van der Waals surface area contributed by atoms with E-state index in [0.717, 1.165) is 0 Å². The Balaban J connectivity index is 2.65. The highest BCUT2D eigenvalue weighted by molar-refractivity contribution is 6.23. The first kappa shape index (κ1) is 17.7. The monoisotopic (exact) mass is 348 g/mol. The van der Waals surface area contributed by atoms with E-state index in [2.05, 4.69) is 0 Å². The molecule has 0 spiro atoms. The molecule has 0 radical (unpaired) electrons. The predicted octanol–water partition coefficient (Wildman–Crippen LogP) is 4.54. The van der Waals surface area contributed by atoms with Crippen LogP contribution in [-0.4, -0.2) is 18.2 Å². The first-order valence-electron chi connectivity index (χ1n) is 6.89. The number of alkyl halides is 4. The zero-order valence-corrected chi connectivity index (χ0v) is 13.6. The van der Waals surface area contributed by atoms with Crippen molar-refractivity contribution in [3.8, 4) is 5.75 Å². The molecule has 23 heavy (non-hydrogen) atoms. The number of methoxy groups -OCH3 is 1. The van der Waals surface area contributed by atoms with E-state index < -0.39 is 29.0 Å². The molecular formula is C16H16ClF3O3. The van der Waals surface area contributed by atoms with Gasteiger partial charge >= 0.3 is 11.8 Å². The lowest BCUT2D eigenvalue weighted by Crippen LogP contribution is -2.39. The third-order valence-electron chi connectivity index (χ3n) is 3.70. The first-order chi connectivity index (χ1) is 10.5. The molecule has 1 atom stereocenters. The molecule has 0 fully saturated rings. The van der Waals surface area contributed by atoms with Crippen LogP contribution < -0.4 is 10.4 Å². The van der Waals surface area contributed by atoms with E-state index in [9.17, 15) is 18.0 Å². The average molecular weight is 349 g/mol. The molecule has 0 saturated carbocycles. The summed E-state index contributed by atoms with van der Waals surface area (Å²) in [6.07, 6.45) is -4.96. The minimum absolute atomic E-state index is 0.0898. The lowest BCUT2D eigenvalue weighted by Gasteiger charge is -2.31. The maximum atomic E-state index is 13.4. The largest absolute Gasteiger partial charge is 0.496 e. The molecule has 1 heterocycles. The predicted molar refractivity (Wildman–Crippen MR) is 82.2 cm³/mol. The van der Waals surface area contributed by atoms with E-state index in [0.29, 0.717) is 5.39 Å². The van der Waals surface area contributed by atoms with E-state index in [-0.39, 0.29) is 16.9 Å². The van der Waals surface area contributed by atoms with Gasteiger partial charge in [0.2, 0.25) is 0 Å². The Labute approximate surface area is 136 Å². The summed E-state index contributed by atoms with van der Waals surface area (Å²) in [4.78, 5) is 9.93. The van der Waals surface area contributed by atoms with E-state index in [1.54, 1.807) is 12.1 Å². The lowest BCUT2D eigenvalue weighted by molar-refractivity contribution is -0.181. The summed E-state index contributed by atoms with van der Waals surface area (Å²) in [7, 11) is 1.35. The zero-order chi connectivity index (χ0) is 17.4. The van der Waals surface area contributed by atoms with Crippen LogP contribution in [0.4, 0.5) is 13.2 Å². The van der Waals surface area contributed by atoms with Crippen LogP contribution >= 0.6 is 11.6 Å². The number of hydrogen-bond donors (Lipinski definition) is 0. The normalized spacial score (nSPS) is 14.0. The summed E-state index contributed by atoms with van der Waals surface area (Å²) >= 11 is 5.96. The fourth-order valence-corrected chi connectivity index (χ4v) is 2.71. The van der Waals surface area contributed by atoms with Crippen molar-refractivity contribution in [3.05, 3.63) is 40.2 Å². The molecule has 2 rings (SSSR count). The standard InChI is InChI=1S/C16H16ClF3O3/c1-15(2,17)12(16(18,19)20)8-10-11(22-3)6-4-9-5-7-13(21)23-14(9)10/h4-7,12H,8H2,1-3H3. The second-order valence-electron chi connectivity index (χ2n) is 5.78. The molecule has 0 saturated heterocycles. The molecule has 0 aliphatic heterocycles. The van der Waals surface area contributed by atoms with Gasteiger partial charge in [-0.3, -0.25) is 0 Å². The Morgan fingerprint density at radius 1 is 1.22 bits per heavy atom. The quantitative estimate of drug-likeness (QED) is 0.601. The lowest BCUT2D eigenvalue weighted by atomic mass is 9.87. The second-order valence-corrected chi connectivity index (χ2v) is 6.76. The summed E-state index contributed by atoms with van der Waals surface area (Å²) in [5, 5.41) is 0.522. The van der Waals surface area contributed by atoms with E-state index in [4.69, 9.17) is 20.8 Å². The Kier molecular flexibility index (Phi) is 4.66. The highest BCUT2D eigenvalue weighted by Crippen LogP contribution is 2.42. The molecule has 3 nitrogen and oxygen atoms in total. The van der Waals surface area contributed by atoms with Crippen LogP contribution in [0, 0.1) is 5.92 Å². The number of fused-ring (bicyclic) bond motifs is 1. The van der Waals surface area contributed by atoms with E-state index >= 15 is 0 Å². The number of ether oxygens (including phenoxy) is 1. The molecule has 0 bridgehead atoms. The van der Waals surface area contributed by atoms with Crippen LogP contribution in [0.15, 0.2) is 33.5 Å². The third-order valence-corrected chi connectivity index (χ3v) is 3.96. The summed E-state index contributed by atoms with van der Waals surface area (Å²) in [5.74, 6) is -1.61. The fourth-order valence-electron chi connectivity index (χ4n) is 2.51. The van der Waals surface area contributed by atoms with Crippen molar-refractivity contribution in [2.75, 3.05) is 7.11 Å². The van der Waals surface area contributed by atoms with Crippen molar-refractivity contribution in [2.45, 2.75) is 31.3 Å². The van der Waals surface area contributed by atoms with Gasteiger partial charge in [-0.2, -0.15) is 13.2 Å². The number of benzene rings is 1. The smallest absolute Gasteiger partial charge is 0.393 e. The maximum Gasteiger partial charge on any atom is 0.393 e. The van der Waals surface area contributed by atoms with Crippen LogP contribution in [-0.2, 0) is 6.42 Å². The van der Waals surface area contributed by atoms with E-state index in [1.807, 2.05) is 0 Å². The third kappa shape index (κ3) is 3.80. The topological polar surface area (TPSA) is 39.4 Å². The molecule has 0 N–H and O–H groups in total. The summed E-state index contributed by atoms with van der Waals surface area (Å²) < 4.78 is 50.5. The number of halogens is 4. The summed E-state index contributed by atoms with van der Waals surface area (Å²) in [5.41, 5.74) is -0.369. The van der Waals surface area contributed by atoms with Gasteiger partial charge in [-0.05, 0) is 38.5 Å². The van der Waals surface area contributed by atoms with Crippen molar-refractivity contribution < 1.29 is 22.3 Å². The minimum atomic E-state index is -4.51. The average Bonchev–Trinajstić information content (AvgIpc) is 2.41. The molecule has 0 aliphatic rings. The van der Waals surface area contributed by atoms with Crippen molar-refractivity contribution >= 4 is 22.6 Å². The van der Waals surface area contributed by atoms with E-state index in [1.165, 1.54) is 33.1 Å². The van der Waals surface area contributed by atoms with Crippen LogP contribution in [0.25, 0.3) is 11.0 Å². The van der Waals surface area contributed by atoms with Gasteiger partial charge < -0.3 is 9.15 Å². The maximum absolute atomic E-state index is 13.4. The van der Waals surface area contributed by atoms with Gasteiger partial charge in [0, 0.05) is 17.0 Å². The van der Waals surface area contributed by atoms with Crippen LogP contribution in [0.5, 0.6) is 5.75 Å². The molecule has 126 valence electrons. The van der Waals surface area contributed by atoms with Gasteiger partial charge in [-0.15, -0.1) is 11.6 Å². The highest BCUT2D eigenvalue weighted by Gasteiger charge is 2.48. The second kappa shape index (κ2) is 6.07. The van der Waals surface area contributed by atoms with Gasteiger partial charge in [0.05, 0.1) is 17.9 Å². The van der Waals surface area contributed by atoms with Crippen LogP contribution in [0.2, 0.25) is 0 Å². The molecule has 1 aromatic carbocycles. The highest BCUT2D eigenvalue weighted by atomic mass is 35.5. The van der Waals surface area contributed by atoms with Gasteiger partial charge in [0.15, 0.2) is 0 Å². The molecule has 1 unspecified atom stereocenters. The number of rotatable bonds is 4. The fraction of sp³-hybridized carbons (Fsp3) is 0.438. The molecule has 2 aromatic rings. The van der Waals surface area contributed by atoms with Crippen molar-refractivity contribution in [1.82, 2.24) is 0 Å². The summed E-state index contributed by atoms with van der Waals surface area (Å²) in [6, 6.07) is 5.88. The molecule has 7 heteroatoms. The van der Waals surface area contributed by atoms with Crippen molar-refractivity contribution in [1.29, 1.82) is 0 Å². The molecule has 0 amide bonds. The van der Waals surface area contributed by atoms with Gasteiger partial charge in [-0.1, -0.05) is 0 Å². The molecular weight excluding hydrogens is 333 g/mol. The van der Waals surface area contributed by atoms with Crippen molar-refractivity contribution in [2.24, 2.45) is 5.92 Å². The molecule has 0 aliphatic carbocycles. The Morgan fingerprint density at radius 3 is 2.35 bits per heavy atom. The minimum Gasteiger partial charge on any atom is -0.496 e. The summed E-state index contributed by atoms with van der Waals surface area (Å²) in [6.45, 7) is 2.61. The van der Waals surface area contributed by atoms with Gasteiger partial charge in [0.25, 0.3) is 0 Å². The zero-order valence-electron chi connectivity index (χ0n) is 12.8. The van der Waals surface area contributed by atoms with Gasteiger partial charge in [0.1, 0.15) is 11.3 Å². The number of hydrogen-bond acceptors (Lipinski definition) is 3. The Morgan fingerprint density at radius 2 is 1.83 bits per heavy atom. The first-order valence-corrected chi connectivity index (χ1v) is 7.27.